The molecule has 2 N–H and O–H groups in total. The van der Waals surface area contributed by atoms with Crippen molar-refractivity contribution in [3.05, 3.63) is 46.9 Å². The molecule has 0 saturated heterocycles. The zero-order chi connectivity index (χ0) is 19.6. The zero-order valence-corrected chi connectivity index (χ0v) is 14.1. The smallest absolute Gasteiger partial charge is 0.303 e. The van der Waals surface area contributed by atoms with Gasteiger partial charge in [-0.1, -0.05) is 24.3 Å². The summed E-state index contributed by atoms with van der Waals surface area (Å²) in [6.07, 6.45) is -0.163. The second-order valence-electron chi connectivity index (χ2n) is 6.26. The van der Waals surface area contributed by atoms with E-state index in [1.54, 1.807) is 24.3 Å². The van der Waals surface area contributed by atoms with E-state index in [0.29, 0.717) is 17.0 Å². The molecule has 8 nitrogen and oxygen atoms in total. The summed E-state index contributed by atoms with van der Waals surface area (Å²) in [4.78, 5) is 31.1. The van der Waals surface area contributed by atoms with Crippen LogP contribution in [0.3, 0.4) is 0 Å². The number of hydrogen-bond donors (Lipinski definition) is 2. The molecule has 0 atom stereocenters. The van der Waals surface area contributed by atoms with E-state index in [4.69, 9.17) is 0 Å². The number of carbonyl (C=O) groups is 2. The van der Waals surface area contributed by atoms with Crippen molar-refractivity contribution in [3.8, 4) is 23.4 Å². The lowest BCUT2D eigenvalue weighted by atomic mass is 9.73. The van der Waals surface area contributed by atoms with Crippen molar-refractivity contribution < 1.29 is 19.8 Å². The first-order chi connectivity index (χ1) is 12.9. The predicted molar refractivity (Wildman–Crippen MR) is 91.4 cm³/mol. The lowest BCUT2D eigenvalue weighted by Crippen LogP contribution is -2.29. The van der Waals surface area contributed by atoms with Crippen molar-refractivity contribution in [2.45, 2.75) is 31.1 Å². The standard InChI is InChI=1S/C19H14N4O4/c20-9-13-14(10-21)23-18-17(22-13)11-3-1-2-4-12(11)19(18,7-5-15(24)25)8-6-16(26)27/h1-4H,5-8H2,(H,24,25)(H,26,27). The molecule has 1 aliphatic rings. The number of fused-ring (bicyclic) bond motifs is 3. The summed E-state index contributed by atoms with van der Waals surface area (Å²) < 4.78 is 0. The van der Waals surface area contributed by atoms with E-state index in [-0.39, 0.29) is 37.1 Å². The Morgan fingerprint density at radius 3 is 2.07 bits per heavy atom. The Kier molecular flexibility index (Phi) is 4.57. The van der Waals surface area contributed by atoms with Gasteiger partial charge in [0, 0.05) is 23.8 Å². The molecule has 0 aliphatic heterocycles. The topological polar surface area (TPSA) is 148 Å². The van der Waals surface area contributed by atoms with Crippen molar-refractivity contribution >= 4 is 11.9 Å². The first-order valence-electron chi connectivity index (χ1n) is 8.19. The molecule has 1 aromatic carbocycles. The van der Waals surface area contributed by atoms with Gasteiger partial charge in [-0.2, -0.15) is 10.5 Å². The van der Waals surface area contributed by atoms with E-state index >= 15 is 0 Å². The Labute approximate surface area is 154 Å². The third-order valence-corrected chi connectivity index (χ3v) is 4.79. The Morgan fingerprint density at radius 1 is 0.963 bits per heavy atom. The molecule has 27 heavy (non-hydrogen) atoms. The van der Waals surface area contributed by atoms with Crippen LogP contribution in [0, 0.1) is 22.7 Å². The van der Waals surface area contributed by atoms with Crippen LogP contribution in [0.2, 0.25) is 0 Å². The van der Waals surface area contributed by atoms with Crippen LogP contribution in [0.15, 0.2) is 24.3 Å². The average Bonchev–Trinajstić information content (AvgIpc) is 2.93. The molecule has 2 aromatic rings. The minimum absolute atomic E-state index is 0.113. The normalized spacial score (nSPS) is 13.1. The minimum atomic E-state index is -1.02. The molecule has 0 bridgehead atoms. The third-order valence-electron chi connectivity index (χ3n) is 4.79. The molecule has 8 heteroatoms. The molecule has 0 unspecified atom stereocenters. The van der Waals surface area contributed by atoms with Gasteiger partial charge in [-0.15, -0.1) is 0 Å². The van der Waals surface area contributed by atoms with E-state index in [1.807, 2.05) is 12.1 Å². The highest BCUT2D eigenvalue weighted by Crippen LogP contribution is 2.52. The first-order valence-corrected chi connectivity index (χ1v) is 8.19. The number of carboxylic acid groups (broad SMARTS) is 2. The molecule has 1 aliphatic carbocycles. The van der Waals surface area contributed by atoms with E-state index in [0.717, 1.165) is 5.56 Å². The predicted octanol–water partition coefficient (Wildman–Crippen LogP) is 2.22. The Hall–Kier alpha value is -3.78. The van der Waals surface area contributed by atoms with Gasteiger partial charge >= 0.3 is 11.9 Å². The van der Waals surface area contributed by atoms with Crippen molar-refractivity contribution in [1.82, 2.24) is 9.97 Å². The van der Waals surface area contributed by atoms with Crippen LogP contribution in [-0.4, -0.2) is 32.1 Å². The number of benzene rings is 1. The van der Waals surface area contributed by atoms with E-state index < -0.39 is 17.4 Å². The second-order valence-corrected chi connectivity index (χ2v) is 6.26. The number of aliphatic carboxylic acids is 2. The van der Waals surface area contributed by atoms with Gasteiger partial charge in [-0.25, -0.2) is 9.97 Å². The van der Waals surface area contributed by atoms with Crippen LogP contribution in [0.4, 0.5) is 0 Å². The lowest BCUT2D eigenvalue weighted by Gasteiger charge is -2.30. The quantitative estimate of drug-likeness (QED) is 0.794. The molecule has 0 fully saturated rings. The van der Waals surface area contributed by atoms with Crippen molar-refractivity contribution in [1.29, 1.82) is 10.5 Å². The maximum Gasteiger partial charge on any atom is 0.303 e. The number of hydrogen-bond acceptors (Lipinski definition) is 6. The van der Waals surface area contributed by atoms with Gasteiger partial charge < -0.3 is 10.2 Å². The van der Waals surface area contributed by atoms with Gasteiger partial charge in [0.1, 0.15) is 12.1 Å². The van der Waals surface area contributed by atoms with Crippen molar-refractivity contribution in [3.63, 3.8) is 0 Å². The second kappa shape index (κ2) is 6.85. The molecule has 0 spiro atoms. The molecule has 1 aromatic heterocycles. The summed E-state index contributed by atoms with van der Waals surface area (Å²) in [6.45, 7) is 0. The van der Waals surface area contributed by atoms with Crippen LogP contribution < -0.4 is 0 Å². The summed E-state index contributed by atoms with van der Waals surface area (Å²) in [6, 6.07) is 10.8. The maximum atomic E-state index is 11.2. The van der Waals surface area contributed by atoms with Gasteiger partial charge in [-0.3, -0.25) is 9.59 Å². The van der Waals surface area contributed by atoms with Crippen LogP contribution in [0.25, 0.3) is 11.3 Å². The van der Waals surface area contributed by atoms with Crippen LogP contribution in [-0.2, 0) is 15.0 Å². The number of nitriles is 2. The Balaban J connectivity index is 2.29. The fourth-order valence-electron chi connectivity index (χ4n) is 3.62. The molecule has 0 radical (unpaired) electrons. The lowest BCUT2D eigenvalue weighted by molar-refractivity contribution is -0.137. The third kappa shape index (κ3) is 2.98. The van der Waals surface area contributed by atoms with Crippen LogP contribution in [0.5, 0.6) is 0 Å². The summed E-state index contributed by atoms with van der Waals surface area (Å²) in [5, 5.41) is 37.0. The summed E-state index contributed by atoms with van der Waals surface area (Å²) in [5.74, 6) is -2.03. The molecule has 134 valence electrons. The average molecular weight is 362 g/mol. The summed E-state index contributed by atoms with van der Waals surface area (Å²) in [5.41, 5.74) is 0.907. The highest BCUT2D eigenvalue weighted by molar-refractivity contribution is 5.79. The monoisotopic (exact) mass is 362 g/mol. The van der Waals surface area contributed by atoms with E-state index in [2.05, 4.69) is 9.97 Å². The Morgan fingerprint density at radius 2 is 1.52 bits per heavy atom. The van der Waals surface area contributed by atoms with Gasteiger partial charge in [-0.05, 0) is 18.4 Å². The molecule has 0 saturated carbocycles. The van der Waals surface area contributed by atoms with Crippen molar-refractivity contribution in [2.24, 2.45) is 0 Å². The molecule has 1 heterocycles. The molecule has 0 amide bonds. The van der Waals surface area contributed by atoms with Crippen LogP contribution >= 0.6 is 0 Å². The largest absolute Gasteiger partial charge is 0.481 e. The molecular formula is C19H14N4O4. The van der Waals surface area contributed by atoms with Gasteiger partial charge in [0.05, 0.1) is 11.4 Å². The molecule has 3 rings (SSSR count). The maximum absolute atomic E-state index is 11.2. The Bertz CT molecular complexity index is 1010. The number of rotatable bonds is 6. The fraction of sp³-hybridized carbons (Fsp3) is 0.263. The van der Waals surface area contributed by atoms with E-state index in [1.165, 1.54) is 0 Å². The highest BCUT2D eigenvalue weighted by atomic mass is 16.4. The highest BCUT2D eigenvalue weighted by Gasteiger charge is 2.46. The fourth-order valence-corrected chi connectivity index (χ4v) is 3.62. The first kappa shape index (κ1) is 18.0. The van der Waals surface area contributed by atoms with E-state index in [9.17, 15) is 30.3 Å². The minimum Gasteiger partial charge on any atom is -0.481 e. The number of carboxylic acids is 2. The van der Waals surface area contributed by atoms with Gasteiger partial charge in [0.2, 0.25) is 0 Å². The molecular weight excluding hydrogens is 348 g/mol. The van der Waals surface area contributed by atoms with Gasteiger partial charge in [0.25, 0.3) is 0 Å². The van der Waals surface area contributed by atoms with Crippen molar-refractivity contribution in [2.75, 3.05) is 0 Å². The SMILES string of the molecule is N#Cc1nc2c(nc1C#N)C(CCC(=O)O)(CCC(=O)O)c1ccccc1-2. The number of aromatic nitrogens is 2. The summed E-state index contributed by atoms with van der Waals surface area (Å²) >= 11 is 0. The van der Waals surface area contributed by atoms with Gasteiger partial charge in [0.15, 0.2) is 11.4 Å². The summed E-state index contributed by atoms with van der Waals surface area (Å²) in [7, 11) is 0. The van der Waals surface area contributed by atoms with Crippen LogP contribution in [0.1, 0.15) is 48.3 Å². The zero-order valence-electron chi connectivity index (χ0n) is 14.1. The number of nitrogens with zero attached hydrogens (tertiary/aromatic N) is 4.